The Balaban J connectivity index is -0.000000448. The first-order valence-corrected chi connectivity index (χ1v) is 5.87. The van der Waals surface area contributed by atoms with Crippen molar-refractivity contribution in [1.82, 2.24) is 0 Å². The van der Waals surface area contributed by atoms with Crippen molar-refractivity contribution in [3.8, 4) is 0 Å². The van der Waals surface area contributed by atoms with Gasteiger partial charge in [0.25, 0.3) is 12.3 Å². The van der Waals surface area contributed by atoms with Crippen LogP contribution in [0.15, 0.2) is 0 Å². The van der Waals surface area contributed by atoms with Crippen LogP contribution in [0.3, 0.4) is 0 Å². The molecule has 0 rings (SSSR count). The van der Waals surface area contributed by atoms with Crippen LogP contribution in [0.5, 0.6) is 0 Å². The minimum absolute atomic E-state index is 0. The van der Waals surface area contributed by atoms with E-state index in [1.54, 1.807) is 6.92 Å². The monoisotopic (exact) mass is 312 g/mol. The van der Waals surface area contributed by atoms with Gasteiger partial charge < -0.3 is 19.3 Å². The van der Waals surface area contributed by atoms with Crippen LogP contribution in [0.25, 0.3) is 0 Å². The van der Waals surface area contributed by atoms with Crippen molar-refractivity contribution in [3.05, 3.63) is 0 Å². The molecular weight excluding hydrogens is 288 g/mol. The van der Waals surface area contributed by atoms with E-state index in [9.17, 15) is 4.79 Å². The smallest absolute Gasteiger partial charge is 0.363 e. The van der Waals surface area contributed by atoms with Crippen LogP contribution in [0.2, 0.25) is 0 Å². The van der Waals surface area contributed by atoms with E-state index in [0.717, 1.165) is 6.92 Å². The van der Waals surface area contributed by atoms with E-state index in [2.05, 4.69) is 0 Å². The molecule has 0 radical (unpaired) electrons. The number of ether oxygens (including phenoxy) is 3. The van der Waals surface area contributed by atoms with Gasteiger partial charge in [0, 0.05) is 28.6 Å². The number of rotatable bonds is 6. The second-order valence-corrected chi connectivity index (χ2v) is 3.97. The standard InChI is InChI=1S/C10H20O4.C2H4O2.Ti/c1-6-12-9(11)10(13-7(2)3)14-8(4)5;1-2(3)4;/h7-8,10H,6H2,1-5H3;1H3,(H,3,4);. The van der Waals surface area contributed by atoms with Crippen LogP contribution in [0, 0.1) is 0 Å². The molecule has 0 aromatic rings. The third-order valence-corrected chi connectivity index (χ3v) is 1.27. The summed E-state index contributed by atoms with van der Waals surface area (Å²) < 4.78 is 15.4. The summed E-state index contributed by atoms with van der Waals surface area (Å²) in [4.78, 5) is 20.3. The fourth-order valence-electron chi connectivity index (χ4n) is 0.848. The third-order valence-electron chi connectivity index (χ3n) is 1.27. The molecule has 0 unspecified atom stereocenters. The topological polar surface area (TPSA) is 82.1 Å². The van der Waals surface area contributed by atoms with Gasteiger partial charge >= 0.3 is 5.97 Å². The Hall–Kier alpha value is -0.426. The van der Waals surface area contributed by atoms with Crippen molar-refractivity contribution >= 4 is 11.9 Å². The molecule has 0 saturated heterocycles. The van der Waals surface area contributed by atoms with Crippen molar-refractivity contribution in [2.45, 2.75) is 60.0 Å². The van der Waals surface area contributed by atoms with Crippen LogP contribution in [-0.4, -0.2) is 42.1 Å². The van der Waals surface area contributed by atoms with Crippen molar-refractivity contribution in [2.24, 2.45) is 0 Å². The maximum absolute atomic E-state index is 11.3. The molecule has 19 heavy (non-hydrogen) atoms. The van der Waals surface area contributed by atoms with Gasteiger partial charge in [0.15, 0.2) is 0 Å². The van der Waals surface area contributed by atoms with E-state index in [1.807, 2.05) is 27.7 Å². The van der Waals surface area contributed by atoms with Crippen molar-refractivity contribution in [3.63, 3.8) is 0 Å². The van der Waals surface area contributed by atoms with E-state index < -0.39 is 18.2 Å². The third kappa shape index (κ3) is 20.1. The van der Waals surface area contributed by atoms with Crippen molar-refractivity contribution < 1.29 is 50.6 Å². The summed E-state index contributed by atoms with van der Waals surface area (Å²) in [6, 6.07) is 0. The van der Waals surface area contributed by atoms with Gasteiger partial charge in [-0.05, 0) is 34.6 Å². The summed E-state index contributed by atoms with van der Waals surface area (Å²) in [7, 11) is 0. The van der Waals surface area contributed by atoms with Crippen LogP contribution in [-0.2, 0) is 45.5 Å². The molecule has 6 nitrogen and oxygen atoms in total. The number of carboxylic acid groups (broad SMARTS) is 1. The number of carbonyl (C=O) groups excluding carboxylic acids is 1. The summed E-state index contributed by atoms with van der Waals surface area (Å²) in [6.07, 6.45) is -1.04. The maximum Gasteiger partial charge on any atom is 0.363 e. The number of aliphatic carboxylic acids is 1. The quantitative estimate of drug-likeness (QED) is 0.458. The van der Waals surface area contributed by atoms with E-state index >= 15 is 0 Å². The molecule has 0 aromatic carbocycles. The summed E-state index contributed by atoms with van der Waals surface area (Å²) in [5.74, 6) is -1.30. The number of carbonyl (C=O) groups is 2. The molecule has 0 atom stereocenters. The van der Waals surface area contributed by atoms with E-state index in [-0.39, 0.29) is 33.9 Å². The molecule has 0 saturated carbocycles. The fraction of sp³-hybridized carbons (Fsp3) is 0.833. The Morgan fingerprint density at radius 2 is 1.37 bits per heavy atom. The molecule has 112 valence electrons. The van der Waals surface area contributed by atoms with Gasteiger partial charge in [0.2, 0.25) is 0 Å². The number of hydrogen-bond acceptors (Lipinski definition) is 5. The summed E-state index contributed by atoms with van der Waals surface area (Å²) >= 11 is 0. The zero-order chi connectivity index (χ0) is 14.7. The molecule has 0 fully saturated rings. The van der Waals surface area contributed by atoms with Crippen LogP contribution in [0.1, 0.15) is 41.5 Å². The molecule has 0 spiro atoms. The Morgan fingerprint density at radius 1 is 1.05 bits per heavy atom. The van der Waals surface area contributed by atoms with E-state index in [4.69, 9.17) is 24.1 Å². The van der Waals surface area contributed by atoms with E-state index in [0.29, 0.717) is 6.61 Å². The molecule has 0 amide bonds. The summed E-state index contributed by atoms with van der Waals surface area (Å²) in [5, 5.41) is 7.42. The van der Waals surface area contributed by atoms with Gasteiger partial charge in [-0.15, -0.1) is 0 Å². The van der Waals surface area contributed by atoms with Gasteiger partial charge in [-0.1, -0.05) is 0 Å². The van der Waals surface area contributed by atoms with Gasteiger partial charge in [0.1, 0.15) is 0 Å². The Labute approximate surface area is 129 Å². The summed E-state index contributed by atoms with van der Waals surface area (Å²) in [5.41, 5.74) is 0. The van der Waals surface area contributed by atoms with Gasteiger partial charge in [-0.3, -0.25) is 4.79 Å². The SMILES string of the molecule is CC(=O)O.CCOC(=O)C(OC(C)C)OC(C)C.[Ti]. The zero-order valence-corrected chi connectivity index (χ0v) is 14.0. The van der Waals surface area contributed by atoms with Crippen molar-refractivity contribution in [2.75, 3.05) is 6.61 Å². The average Bonchev–Trinajstić information content (AvgIpc) is 2.14. The number of carboxylic acids is 1. The first kappa shape index (κ1) is 23.7. The number of esters is 1. The molecular formula is C12H24O6Ti. The summed E-state index contributed by atoms with van der Waals surface area (Å²) in [6.45, 7) is 10.5. The predicted molar refractivity (Wildman–Crippen MR) is 66.2 cm³/mol. The van der Waals surface area contributed by atoms with Crippen molar-refractivity contribution in [1.29, 1.82) is 0 Å². The molecule has 0 aromatic heterocycles. The Bertz CT molecular complexity index is 228. The van der Waals surface area contributed by atoms with Crippen LogP contribution >= 0.6 is 0 Å². The molecule has 0 bridgehead atoms. The molecule has 0 aliphatic carbocycles. The first-order valence-electron chi connectivity index (χ1n) is 5.87. The largest absolute Gasteiger partial charge is 0.481 e. The second-order valence-electron chi connectivity index (χ2n) is 3.97. The normalized spacial score (nSPS) is 9.74. The molecule has 0 heterocycles. The van der Waals surface area contributed by atoms with Gasteiger partial charge in [-0.2, -0.15) is 0 Å². The fourth-order valence-corrected chi connectivity index (χ4v) is 0.848. The average molecular weight is 312 g/mol. The van der Waals surface area contributed by atoms with E-state index in [1.165, 1.54) is 0 Å². The zero-order valence-electron chi connectivity index (χ0n) is 12.4. The van der Waals surface area contributed by atoms with Gasteiger partial charge in [0.05, 0.1) is 18.8 Å². The maximum atomic E-state index is 11.3. The Morgan fingerprint density at radius 3 is 1.58 bits per heavy atom. The minimum atomic E-state index is -0.907. The first-order chi connectivity index (χ1) is 8.20. The molecule has 0 aliphatic rings. The number of hydrogen-bond donors (Lipinski definition) is 1. The van der Waals surface area contributed by atoms with Crippen LogP contribution < -0.4 is 0 Å². The van der Waals surface area contributed by atoms with Gasteiger partial charge in [-0.25, -0.2) is 4.79 Å². The molecule has 7 heteroatoms. The second kappa shape index (κ2) is 14.0. The molecule has 1 N–H and O–H groups in total. The Kier molecular flexibility index (Phi) is 17.4. The minimum Gasteiger partial charge on any atom is -0.481 e. The molecule has 0 aliphatic heterocycles. The predicted octanol–water partition coefficient (Wildman–Crippen LogP) is 1.81. The van der Waals surface area contributed by atoms with Crippen LogP contribution in [0.4, 0.5) is 0 Å².